The molecule has 0 spiro atoms. The van der Waals surface area contributed by atoms with Crippen LogP contribution in [-0.4, -0.2) is 51.0 Å². The van der Waals surface area contributed by atoms with E-state index in [9.17, 15) is 8.42 Å². The molecule has 4 nitrogen and oxygen atoms in total. The maximum atomic E-state index is 11.1. The molecule has 0 aromatic carbocycles. The van der Waals surface area contributed by atoms with Crippen LogP contribution in [-0.2, 0) is 9.84 Å². The second-order valence-electron chi connectivity index (χ2n) is 5.41. The Morgan fingerprint density at radius 2 is 2.06 bits per heavy atom. The number of fused-ring (bicyclic) bond motifs is 1. The molecular weight excluding hydrogens is 224 g/mol. The van der Waals surface area contributed by atoms with E-state index in [0.29, 0.717) is 24.4 Å². The molecule has 3 unspecified atom stereocenters. The normalized spacial score (nSPS) is 36.2. The minimum Gasteiger partial charge on any atom is -0.327 e. The first-order valence-corrected chi connectivity index (χ1v) is 8.17. The molecule has 5 heteroatoms. The lowest BCUT2D eigenvalue weighted by Crippen LogP contribution is -2.38. The van der Waals surface area contributed by atoms with Gasteiger partial charge in [0.1, 0.15) is 9.84 Å². The summed E-state index contributed by atoms with van der Waals surface area (Å²) >= 11 is 0. The van der Waals surface area contributed by atoms with Crippen molar-refractivity contribution >= 4 is 9.84 Å². The maximum Gasteiger partial charge on any atom is 0.148 e. The lowest BCUT2D eigenvalue weighted by molar-refractivity contribution is 0.259. The van der Waals surface area contributed by atoms with Crippen molar-refractivity contribution in [2.75, 3.05) is 31.6 Å². The van der Waals surface area contributed by atoms with Gasteiger partial charge in [0.25, 0.3) is 0 Å². The van der Waals surface area contributed by atoms with E-state index < -0.39 is 9.84 Å². The zero-order valence-corrected chi connectivity index (χ0v) is 10.7. The fourth-order valence-corrected chi connectivity index (χ4v) is 3.68. The topological polar surface area (TPSA) is 63.4 Å². The third-order valence-corrected chi connectivity index (χ3v) is 4.93. The zero-order chi connectivity index (χ0) is 11.8. The van der Waals surface area contributed by atoms with Crippen LogP contribution < -0.4 is 5.73 Å². The molecular formula is C11H22N2O2S. The summed E-state index contributed by atoms with van der Waals surface area (Å²) in [5.41, 5.74) is 6.12. The van der Waals surface area contributed by atoms with Crippen molar-refractivity contribution < 1.29 is 8.42 Å². The van der Waals surface area contributed by atoms with Crippen molar-refractivity contribution in [2.24, 2.45) is 17.6 Å². The van der Waals surface area contributed by atoms with Crippen LogP contribution in [0, 0.1) is 11.8 Å². The molecule has 3 atom stereocenters. The summed E-state index contributed by atoms with van der Waals surface area (Å²) in [6, 6.07) is 0.335. The summed E-state index contributed by atoms with van der Waals surface area (Å²) in [7, 11) is -2.83. The van der Waals surface area contributed by atoms with E-state index in [-0.39, 0.29) is 5.75 Å². The van der Waals surface area contributed by atoms with Gasteiger partial charge in [-0.3, -0.25) is 0 Å². The van der Waals surface area contributed by atoms with E-state index in [1.54, 1.807) is 0 Å². The predicted octanol–water partition coefficient (Wildman–Crippen LogP) is 0.0902. The Balaban J connectivity index is 1.87. The van der Waals surface area contributed by atoms with Gasteiger partial charge in [-0.25, -0.2) is 8.42 Å². The Labute approximate surface area is 98.1 Å². The van der Waals surface area contributed by atoms with E-state index in [0.717, 1.165) is 19.5 Å². The first-order valence-electron chi connectivity index (χ1n) is 6.11. The largest absolute Gasteiger partial charge is 0.327 e. The molecule has 1 saturated carbocycles. The minimum absolute atomic E-state index is 0.279. The predicted molar refractivity (Wildman–Crippen MR) is 65.0 cm³/mol. The number of hydrogen-bond acceptors (Lipinski definition) is 4. The highest BCUT2D eigenvalue weighted by Gasteiger charge is 2.38. The van der Waals surface area contributed by atoms with E-state index in [2.05, 4.69) is 4.90 Å². The second-order valence-corrected chi connectivity index (χ2v) is 7.67. The highest BCUT2D eigenvalue weighted by molar-refractivity contribution is 7.90. The molecule has 2 fully saturated rings. The average Bonchev–Trinajstić information content (AvgIpc) is 2.58. The van der Waals surface area contributed by atoms with Gasteiger partial charge in [0, 0.05) is 31.9 Å². The van der Waals surface area contributed by atoms with Crippen molar-refractivity contribution in [3.05, 3.63) is 0 Å². The van der Waals surface area contributed by atoms with Gasteiger partial charge in [-0.2, -0.15) is 0 Å². The number of sulfone groups is 1. The molecule has 0 aromatic rings. The maximum absolute atomic E-state index is 11.1. The standard InChI is InChI=1S/C11H22N2O2S/c1-16(14,15)6-5-13-7-9-3-2-4-11(12)10(9)8-13/h9-11H,2-8,12H2,1H3. The number of hydrogen-bond donors (Lipinski definition) is 1. The number of rotatable bonds is 3. The summed E-state index contributed by atoms with van der Waals surface area (Å²) < 4.78 is 22.2. The number of nitrogens with zero attached hydrogens (tertiary/aromatic N) is 1. The van der Waals surface area contributed by atoms with Gasteiger partial charge in [-0.05, 0) is 24.7 Å². The molecule has 0 aromatic heterocycles. The third-order valence-electron chi connectivity index (χ3n) is 4.01. The summed E-state index contributed by atoms with van der Waals surface area (Å²) in [5, 5.41) is 0. The highest BCUT2D eigenvalue weighted by atomic mass is 32.2. The molecule has 0 bridgehead atoms. The van der Waals surface area contributed by atoms with Crippen molar-refractivity contribution in [3.8, 4) is 0 Å². The van der Waals surface area contributed by atoms with E-state index >= 15 is 0 Å². The lowest BCUT2D eigenvalue weighted by Gasteiger charge is -2.29. The summed E-state index contributed by atoms with van der Waals surface area (Å²) in [4.78, 5) is 2.28. The van der Waals surface area contributed by atoms with E-state index in [4.69, 9.17) is 5.73 Å². The van der Waals surface area contributed by atoms with Crippen molar-refractivity contribution in [1.82, 2.24) is 4.90 Å². The Morgan fingerprint density at radius 1 is 1.31 bits per heavy atom. The summed E-state index contributed by atoms with van der Waals surface area (Å²) in [6.45, 7) is 2.73. The molecule has 2 N–H and O–H groups in total. The SMILES string of the molecule is CS(=O)(=O)CCN1CC2CCCC(N)C2C1. The fourth-order valence-electron chi connectivity index (χ4n) is 3.09. The van der Waals surface area contributed by atoms with Crippen LogP contribution >= 0.6 is 0 Å². The van der Waals surface area contributed by atoms with Crippen LogP contribution in [0.4, 0.5) is 0 Å². The number of nitrogens with two attached hydrogens (primary N) is 1. The van der Waals surface area contributed by atoms with Crippen molar-refractivity contribution in [2.45, 2.75) is 25.3 Å². The molecule has 16 heavy (non-hydrogen) atoms. The van der Waals surface area contributed by atoms with Gasteiger partial charge in [0.2, 0.25) is 0 Å². The van der Waals surface area contributed by atoms with Crippen LogP contribution in [0.15, 0.2) is 0 Å². The molecule has 2 rings (SSSR count). The second kappa shape index (κ2) is 4.63. The summed E-state index contributed by atoms with van der Waals surface area (Å²) in [5.74, 6) is 1.60. The zero-order valence-electron chi connectivity index (χ0n) is 9.93. The molecule has 94 valence electrons. The van der Waals surface area contributed by atoms with Crippen molar-refractivity contribution in [1.29, 1.82) is 0 Å². The van der Waals surface area contributed by atoms with Gasteiger partial charge in [-0.1, -0.05) is 6.42 Å². The smallest absolute Gasteiger partial charge is 0.148 e. The number of likely N-dealkylation sites (tertiary alicyclic amines) is 1. The molecule has 1 aliphatic carbocycles. The Kier molecular flexibility index (Phi) is 3.56. The third kappa shape index (κ3) is 2.96. The average molecular weight is 246 g/mol. The van der Waals surface area contributed by atoms with Gasteiger partial charge in [-0.15, -0.1) is 0 Å². The molecule has 1 aliphatic heterocycles. The van der Waals surface area contributed by atoms with Crippen LogP contribution in [0.3, 0.4) is 0 Å². The Bertz CT molecular complexity index is 342. The minimum atomic E-state index is -2.83. The molecule has 1 heterocycles. The van der Waals surface area contributed by atoms with Crippen LogP contribution in [0.25, 0.3) is 0 Å². The summed E-state index contributed by atoms with van der Waals surface area (Å²) in [6.07, 6.45) is 4.96. The van der Waals surface area contributed by atoms with Crippen LogP contribution in [0.2, 0.25) is 0 Å². The molecule has 1 saturated heterocycles. The van der Waals surface area contributed by atoms with Crippen LogP contribution in [0.5, 0.6) is 0 Å². The van der Waals surface area contributed by atoms with Crippen LogP contribution in [0.1, 0.15) is 19.3 Å². The molecule has 0 radical (unpaired) electrons. The van der Waals surface area contributed by atoms with E-state index in [1.165, 1.54) is 19.1 Å². The Hall–Kier alpha value is -0.130. The first kappa shape index (κ1) is 12.3. The quantitative estimate of drug-likeness (QED) is 0.766. The van der Waals surface area contributed by atoms with Gasteiger partial charge in [0.15, 0.2) is 0 Å². The molecule has 0 amide bonds. The lowest BCUT2D eigenvalue weighted by atomic mass is 9.78. The fraction of sp³-hybridized carbons (Fsp3) is 1.00. The van der Waals surface area contributed by atoms with Gasteiger partial charge < -0.3 is 10.6 Å². The molecule has 2 aliphatic rings. The first-order chi connectivity index (χ1) is 7.46. The van der Waals surface area contributed by atoms with Gasteiger partial charge >= 0.3 is 0 Å². The highest BCUT2D eigenvalue weighted by Crippen LogP contribution is 2.35. The Morgan fingerprint density at radius 3 is 2.69 bits per heavy atom. The monoisotopic (exact) mass is 246 g/mol. The van der Waals surface area contributed by atoms with Gasteiger partial charge in [0.05, 0.1) is 5.75 Å². The van der Waals surface area contributed by atoms with Crippen molar-refractivity contribution in [3.63, 3.8) is 0 Å². The van der Waals surface area contributed by atoms with E-state index in [1.807, 2.05) is 0 Å².